The first kappa shape index (κ1) is 33.4. The molecular weight excluding hydrogens is 480 g/mol. The highest BCUT2D eigenvalue weighted by atomic mass is 14.4. The van der Waals surface area contributed by atoms with Gasteiger partial charge in [-0.15, -0.1) is 0 Å². The van der Waals surface area contributed by atoms with Gasteiger partial charge in [0.25, 0.3) is 0 Å². The third-order valence-corrected chi connectivity index (χ3v) is 8.56. The normalized spacial score (nSPS) is 23.9. The molecule has 0 aromatic rings. The molecule has 0 heteroatoms. The summed E-state index contributed by atoms with van der Waals surface area (Å²) in [6.45, 7) is 22.8. The number of allylic oxidation sites excluding steroid dienone is 18. The van der Waals surface area contributed by atoms with Crippen LogP contribution in [0.25, 0.3) is 0 Å². The molecule has 40 heavy (non-hydrogen) atoms. The van der Waals surface area contributed by atoms with Crippen LogP contribution in [0.5, 0.6) is 0 Å². The molecule has 0 saturated heterocycles. The summed E-state index contributed by atoms with van der Waals surface area (Å²) in [5, 5.41) is 0. The first-order valence-electron chi connectivity index (χ1n) is 15.4. The molecule has 0 radical (unpaired) electrons. The maximum atomic E-state index is 3.29. The number of rotatable bonds is 8. The molecule has 0 aromatic heterocycles. The Morgan fingerprint density at radius 2 is 1.48 bits per heavy atom. The van der Waals surface area contributed by atoms with E-state index in [1.165, 1.54) is 66.4 Å². The molecule has 0 N–H and O–H groups in total. The molecule has 0 nitrogen and oxygen atoms in total. The lowest BCUT2D eigenvalue weighted by molar-refractivity contribution is 0.290. The maximum Gasteiger partial charge on any atom is 0.0303 e. The minimum atomic E-state index is 0.287. The monoisotopic (exact) mass is 536 g/mol. The molecule has 2 rings (SSSR count). The summed E-state index contributed by atoms with van der Waals surface area (Å²) in [6.07, 6.45) is 32.8. The summed E-state index contributed by atoms with van der Waals surface area (Å²) < 4.78 is 0. The Bertz CT molecular complexity index is 1210. The van der Waals surface area contributed by atoms with Crippen LogP contribution >= 0.6 is 0 Å². The summed E-state index contributed by atoms with van der Waals surface area (Å²) in [6, 6.07) is 0. The molecule has 0 aromatic carbocycles. The van der Waals surface area contributed by atoms with E-state index in [0.717, 1.165) is 6.42 Å². The van der Waals surface area contributed by atoms with Crippen LogP contribution < -0.4 is 0 Å². The Labute approximate surface area is 248 Å². The predicted molar refractivity (Wildman–Crippen MR) is 180 cm³/mol. The average Bonchev–Trinajstić information content (AvgIpc) is 2.85. The van der Waals surface area contributed by atoms with E-state index >= 15 is 0 Å². The van der Waals surface area contributed by atoms with Crippen molar-refractivity contribution >= 4 is 0 Å². The molecule has 0 aliphatic heterocycles. The smallest absolute Gasteiger partial charge is 0.0303 e. The van der Waals surface area contributed by atoms with Crippen molar-refractivity contribution in [2.75, 3.05) is 0 Å². The largest absolute Gasteiger partial charge is 0.0941 e. The molecule has 2 aliphatic carbocycles. The molecule has 1 unspecified atom stereocenters. The zero-order chi connectivity index (χ0) is 29.8. The van der Waals surface area contributed by atoms with Crippen LogP contribution in [0.3, 0.4) is 0 Å². The van der Waals surface area contributed by atoms with E-state index < -0.39 is 0 Å². The van der Waals surface area contributed by atoms with Crippen molar-refractivity contribution in [3.63, 3.8) is 0 Å². The molecule has 1 saturated carbocycles. The maximum absolute atomic E-state index is 3.29. The highest BCUT2D eigenvalue weighted by Crippen LogP contribution is 2.43. The summed E-state index contributed by atoms with van der Waals surface area (Å²) in [4.78, 5) is 0. The van der Waals surface area contributed by atoms with Gasteiger partial charge in [-0.3, -0.25) is 0 Å². The highest BCUT2D eigenvalue weighted by Gasteiger charge is 2.30. The van der Waals surface area contributed by atoms with E-state index in [1.54, 1.807) is 11.1 Å². The Hall–Kier alpha value is -2.78. The summed E-state index contributed by atoms with van der Waals surface area (Å²) >= 11 is 0. The summed E-state index contributed by atoms with van der Waals surface area (Å²) in [5.74, 6) is 7.19. The van der Waals surface area contributed by atoms with Crippen LogP contribution in [0.1, 0.15) is 114 Å². The third kappa shape index (κ3) is 11.4. The van der Waals surface area contributed by atoms with Crippen LogP contribution in [0.2, 0.25) is 0 Å². The number of hydrogen-bond acceptors (Lipinski definition) is 0. The quantitative estimate of drug-likeness (QED) is 0.214. The van der Waals surface area contributed by atoms with Crippen molar-refractivity contribution in [2.45, 2.75) is 114 Å². The van der Waals surface area contributed by atoms with Gasteiger partial charge in [-0.2, -0.15) is 0 Å². The minimum absolute atomic E-state index is 0.287. The lowest BCUT2D eigenvalue weighted by Gasteiger charge is -2.37. The Kier molecular flexibility index (Phi) is 13.3. The highest BCUT2D eigenvalue weighted by molar-refractivity contribution is 5.38. The van der Waals surface area contributed by atoms with Crippen LogP contribution in [0, 0.1) is 28.6 Å². The van der Waals surface area contributed by atoms with Crippen LogP contribution in [0.4, 0.5) is 0 Å². The summed E-state index contributed by atoms with van der Waals surface area (Å²) in [7, 11) is 0. The van der Waals surface area contributed by atoms with Gasteiger partial charge in [-0.05, 0) is 101 Å². The average molecular weight is 537 g/mol. The van der Waals surface area contributed by atoms with E-state index in [4.69, 9.17) is 0 Å². The van der Waals surface area contributed by atoms with E-state index in [1.807, 2.05) is 6.08 Å². The molecule has 0 amide bonds. The molecule has 0 heterocycles. The molecule has 1 atom stereocenters. The van der Waals surface area contributed by atoms with Crippen molar-refractivity contribution < 1.29 is 0 Å². The first-order valence-corrected chi connectivity index (χ1v) is 15.4. The Morgan fingerprint density at radius 1 is 0.825 bits per heavy atom. The van der Waals surface area contributed by atoms with Gasteiger partial charge in [0.1, 0.15) is 0 Å². The van der Waals surface area contributed by atoms with Gasteiger partial charge in [0.05, 0.1) is 0 Å². The molecular formula is C40H56. The van der Waals surface area contributed by atoms with Gasteiger partial charge in [0.2, 0.25) is 0 Å². The van der Waals surface area contributed by atoms with Crippen molar-refractivity contribution in [3.8, 4) is 11.8 Å². The van der Waals surface area contributed by atoms with Gasteiger partial charge in [0, 0.05) is 6.42 Å². The van der Waals surface area contributed by atoms with Gasteiger partial charge in [-0.1, -0.05) is 142 Å². The second kappa shape index (κ2) is 15.9. The second-order valence-electron chi connectivity index (χ2n) is 13.5. The Morgan fingerprint density at radius 3 is 2.17 bits per heavy atom. The number of hydrogen-bond donors (Lipinski definition) is 0. The first-order chi connectivity index (χ1) is 18.8. The molecule has 0 spiro atoms. The van der Waals surface area contributed by atoms with Crippen LogP contribution in [0.15, 0.2) is 106 Å². The van der Waals surface area contributed by atoms with Gasteiger partial charge in [-0.25, -0.2) is 0 Å². The minimum Gasteiger partial charge on any atom is -0.0941 e. The molecule has 216 valence electrons. The van der Waals surface area contributed by atoms with Crippen molar-refractivity contribution in [1.29, 1.82) is 0 Å². The Balaban J connectivity index is 1.87. The fourth-order valence-electron chi connectivity index (χ4n) is 5.94. The fraction of sp³-hybridized carbons (Fsp3) is 0.500. The lowest BCUT2D eigenvalue weighted by atomic mass is 9.68. The van der Waals surface area contributed by atoms with Crippen LogP contribution in [-0.4, -0.2) is 0 Å². The molecule has 0 bridgehead atoms. The molecule has 1 fully saturated rings. The summed E-state index contributed by atoms with van der Waals surface area (Å²) in [5.41, 5.74) is 10.3. The van der Waals surface area contributed by atoms with Gasteiger partial charge >= 0.3 is 0 Å². The van der Waals surface area contributed by atoms with E-state index in [0.29, 0.717) is 11.3 Å². The van der Waals surface area contributed by atoms with Gasteiger partial charge < -0.3 is 0 Å². The topological polar surface area (TPSA) is 0 Å². The fourth-order valence-corrected chi connectivity index (χ4v) is 5.94. The van der Waals surface area contributed by atoms with Gasteiger partial charge in [0.15, 0.2) is 0 Å². The zero-order valence-electron chi connectivity index (χ0n) is 27.4. The van der Waals surface area contributed by atoms with Crippen molar-refractivity contribution in [2.24, 2.45) is 16.7 Å². The van der Waals surface area contributed by atoms with Crippen molar-refractivity contribution in [1.82, 2.24) is 0 Å². The van der Waals surface area contributed by atoms with E-state index in [2.05, 4.69) is 142 Å². The molecule has 2 aliphatic rings. The van der Waals surface area contributed by atoms with Crippen LogP contribution in [-0.2, 0) is 0 Å². The predicted octanol–water partition coefficient (Wildman–Crippen LogP) is 12.1. The van der Waals surface area contributed by atoms with E-state index in [-0.39, 0.29) is 5.41 Å². The second-order valence-corrected chi connectivity index (χ2v) is 13.5. The SMILES string of the molecule is CC1=C(/C=C/C(C)=C/C=C/C(C)=C/C#CC/C(C)=C/C=C\C(C)=C\C=C2/C(C)CCCC2(C)C)C(C)(C)CCC1. The standard InChI is InChI=1S/C40H56/c1-31(19-13-21-33(3)25-27-37-35(5)23-15-29-39(37,7)8)17-11-12-18-32(2)20-14-22-34(4)26-28-38-36(6)24-16-30-40(38,9)10/h13-14,17,19-22,25-28,36H,15-16,18,23-24,29-30H2,1-10H3/b19-13+,22-14-,27-25+,31-17+,32-20+,33-21+,34-26+,38-28+. The van der Waals surface area contributed by atoms with E-state index in [9.17, 15) is 0 Å². The lowest BCUT2D eigenvalue weighted by Crippen LogP contribution is -2.24. The zero-order valence-corrected chi connectivity index (χ0v) is 27.4. The third-order valence-electron chi connectivity index (χ3n) is 8.56. The van der Waals surface area contributed by atoms with Crippen molar-refractivity contribution in [3.05, 3.63) is 106 Å².